The number of aromatic amines is 1. The van der Waals surface area contributed by atoms with E-state index in [9.17, 15) is 22.7 Å². The maximum absolute atomic E-state index is 13.7. The normalized spacial score (nSPS) is 17.6. The van der Waals surface area contributed by atoms with Gasteiger partial charge in [-0.1, -0.05) is 6.42 Å². The summed E-state index contributed by atoms with van der Waals surface area (Å²) in [5.41, 5.74) is -0.0377. The Morgan fingerprint density at radius 1 is 1.21 bits per heavy atom. The molecule has 2 aromatic carbocycles. The lowest BCUT2D eigenvalue weighted by atomic mass is 10.0. The van der Waals surface area contributed by atoms with Gasteiger partial charge in [0.2, 0.25) is 0 Å². The van der Waals surface area contributed by atoms with Crippen molar-refractivity contribution in [2.45, 2.75) is 44.8 Å². The standard InChI is InChI=1S/C25H28F4N4O/c1-16-5-2-3-11-33(16)12-4-10-30-22-9-7-18(14-21(22)25(27,28)29)31-15-20-19-8-6-17(26)13-23(19)32-24(20)34/h6-9,13-16,30,32,34H,2-5,10-12H2,1H3. The molecule has 1 unspecified atom stereocenters. The van der Waals surface area contributed by atoms with Crippen molar-refractivity contribution in [1.82, 2.24) is 9.88 Å². The maximum atomic E-state index is 13.7. The van der Waals surface area contributed by atoms with E-state index in [2.05, 4.69) is 27.1 Å². The summed E-state index contributed by atoms with van der Waals surface area (Å²) in [6.07, 6.45) is 1.05. The third-order valence-electron chi connectivity index (χ3n) is 6.31. The van der Waals surface area contributed by atoms with Crippen molar-refractivity contribution in [2.75, 3.05) is 25.0 Å². The molecule has 5 nitrogen and oxygen atoms in total. The fraction of sp³-hybridized carbons (Fsp3) is 0.400. The molecule has 0 bridgehead atoms. The van der Waals surface area contributed by atoms with Crippen molar-refractivity contribution in [3.05, 3.63) is 53.3 Å². The van der Waals surface area contributed by atoms with Gasteiger partial charge in [-0.05, 0) is 69.1 Å². The van der Waals surface area contributed by atoms with Gasteiger partial charge in [0, 0.05) is 36.4 Å². The van der Waals surface area contributed by atoms with Crippen molar-refractivity contribution in [2.24, 2.45) is 4.99 Å². The van der Waals surface area contributed by atoms with E-state index < -0.39 is 17.6 Å². The minimum Gasteiger partial charge on any atom is -0.494 e. The molecule has 4 rings (SSSR count). The fourth-order valence-corrected chi connectivity index (χ4v) is 4.44. The average Bonchev–Trinajstić information content (AvgIpc) is 3.10. The van der Waals surface area contributed by atoms with Crippen LogP contribution >= 0.6 is 0 Å². The zero-order valence-corrected chi connectivity index (χ0v) is 18.9. The van der Waals surface area contributed by atoms with E-state index in [0.717, 1.165) is 25.6 Å². The minimum atomic E-state index is -4.55. The lowest BCUT2D eigenvalue weighted by Crippen LogP contribution is -2.38. The van der Waals surface area contributed by atoms with E-state index in [1.165, 1.54) is 55.8 Å². The SMILES string of the molecule is CC1CCCCN1CCCNc1ccc(N=Cc2c(O)[nH]c3cc(F)ccc23)cc1C(F)(F)F. The number of fused-ring (bicyclic) bond motifs is 1. The third kappa shape index (κ3) is 5.52. The number of likely N-dealkylation sites (tertiary alicyclic amines) is 1. The number of aliphatic imine (C=N–C) groups is 1. The van der Waals surface area contributed by atoms with Gasteiger partial charge in [0.15, 0.2) is 5.88 Å². The first-order chi connectivity index (χ1) is 16.2. The van der Waals surface area contributed by atoms with Gasteiger partial charge in [-0.15, -0.1) is 0 Å². The fourth-order valence-electron chi connectivity index (χ4n) is 4.44. The van der Waals surface area contributed by atoms with Gasteiger partial charge in [-0.25, -0.2) is 4.39 Å². The number of benzene rings is 2. The first kappa shape index (κ1) is 24.1. The number of hydrogen-bond donors (Lipinski definition) is 3. The molecule has 1 fully saturated rings. The summed E-state index contributed by atoms with van der Waals surface area (Å²) < 4.78 is 54.6. The number of nitrogens with zero attached hydrogens (tertiary/aromatic N) is 2. The summed E-state index contributed by atoms with van der Waals surface area (Å²) in [4.78, 5) is 9.16. The van der Waals surface area contributed by atoms with Gasteiger partial charge in [-0.3, -0.25) is 4.99 Å². The molecule has 0 amide bonds. The molecular formula is C25H28F4N4O. The molecule has 2 heterocycles. The lowest BCUT2D eigenvalue weighted by molar-refractivity contribution is -0.136. The van der Waals surface area contributed by atoms with Crippen LogP contribution in [0.15, 0.2) is 41.4 Å². The summed E-state index contributed by atoms with van der Waals surface area (Å²) in [6.45, 7) is 4.54. The molecule has 1 atom stereocenters. The number of nitrogens with one attached hydrogen (secondary N) is 2. The van der Waals surface area contributed by atoms with Crippen LogP contribution in [0.3, 0.4) is 0 Å². The Bertz CT molecular complexity index is 1170. The molecule has 1 aliphatic heterocycles. The summed E-state index contributed by atoms with van der Waals surface area (Å²) in [6, 6.07) is 8.31. The number of hydrogen-bond acceptors (Lipinski definition) is 4. The Kier molecular flexibility index (Phi) is 7.11. The molecule has 3 N–H and O–H groups in total. The highest BCUT2D eigenvalue weighted by atomic mass is 19.4. The molecule has 3 aromatic rings. The summed E-state index contributed by atoms with van der Waals surface area (Å²) in [5, 5.41) is 13.5. The van der Waals surface area contributed by atoms with Gasteiger partial charge >= 0.3 is 6.18 Å². The topological polar surface area (TPSA) is 63.6 Å². The summed E-state index contributed by atoms with van der Waals surface area (Å²) in [5.74, 6) is -0.706. The molecular weight excluding hydrogens is 448 g/mol. The number of alkyl halides is 3. The second-order valence-electron chi connectivity index (χ2n) is 8.72. The monoisotopic (exact) mass is 476 g/mol. The van der Waals surface area contributed by atoms with Crippen LogP contribution in [0, 0.1) is 5.82 Å². The van der Waals surface area contributed by atoms with Crippen molar-refractivity contribution in [3.63, 3.8) is 0 Å². The van der Waals surface area contributed by atoms with E-state index in [-0.39, 0.29) is 22.8 Å². The number of rotatable bonds is 7. The Morgan fingerprint density at radius 2 is 2.03 bits per heavy atom. The van der Waals surface area contributed by atoms with Crippen molar-refractivity contribution in [1.29, 1.82) is 0 Å². The van der Waals surface area contributed by atoms with Crippen LogP contribution in [0.4, 0.5) is 28.9 Å². The highest BCUT2D eigenvalue weighted by Crippen LogP contribution is 2.37. The van der Waals surface area contributed by atoms with E-state index in [1.54, 1.807) is 0 Å². The lowest BCUT2D eigenvalue weighted by Gasteiger charge is -2.33. The van der Waals surface area contributed by atoms with Crippen LogP contribution in [0.2, 0.25) is 0 Å². The molecule has 1 saturated heterocycles. The highest BCUT2D eigenvalue weighted by Gasteiger charge is 2.33. The minimum absolute atomic E-state index is 0.0172. The Balaban J connectivity index is 1.47. The summed E-state index contributed by atoms with van der Waals surface area (Å²) >= 11 is 0. The zero-order valence-electron chi connectivity index (χ0n) is 18.9. The maximum Gasteiger partial charge on any atom is 0.418 e. The van der Waals surface area contributed by atoms with E-state index >= 15 is 0 Å². The molecule has 1 aromatic heterocycles. The number of aromatic nitrogens is 1. The number of halogens is 4. The van der Waals surface area contributed by atoms with E-state index in [1.807, 2.05) is 0 Å². The van der Waals surface area contributed by atoms with Crippen LogP contribution < -0.4 is 5.32 Å². The molecule has 0 spiro atoms. The summed E-state index contributed by atoms with van der Waals surface area (Å²) in [7, 11) is 0. The van der Waals surface area contributed by atoms with Crippen LogP contribution in [-0.4, -0.2) is 46.9 Å². The molecule has 182 valence electrons. The second-order valence-corrected chi connectivity index (χ2v) is 8.72. The molecule has 0 aliphatic carbocycles. The van der Waals surface area contributed by atoms with Gasteiger partial charge in [0.25, 0.3) is 0 Å². The van der Waals surface area contributed by atoms with Crippen LogP contribution in [0.5, 0.6) is 5.88 Å². The number of aromatic hydroxyl groups is 1. The molecule has 0 radical (unpaired) electrons. The molecule has 34 heavy (non-hydrogen) atoms. The molecule has 9 heteroatoms. The van der Waals surface area contributed by atoms with E-state index in [4.69, 9.17) is 0 Å². The van der Waals surface area contributed by atoms with Crippen molar-refractivity contribution < 1.29 is 22.7 Å². The van der Waals surface area contributed by atoms with Gasteiger partial charge in [0.1, 0.15) is 5.82 Å². The number of H-pyrrole nitrogens is 1. The quantitative estimate of drug-likeness (QED) is 0.208. The largest absolute Gasteiger partial charge is 0.494 e. The predicted molar refractivity (Wildman–Crippen MR) is 127 cm³/mol. The smallest absolute Gasteiger partial charge is 0.418 e. The third-order valence-corrected chi connectivity index (χ3v) is 6.31. The molecule has 1 aliphatic rings. The van der Waals surface area contributed by atoms with Crippen LogP contribution in [-0.2, 0) is 6.18 Å². The van der Waals surface area contributed by atoms with Crippen molar-refractivity contribution >= 4 is 28.5 Å². The first-order valence-corrected chi connectivity index (χ1v) is 11.5. The molecule has 0 saturated carbocycles. The Morgan fingerprint density at radius 3 is 2.79 bits per heavy atom. The van der Waals surface area contributed by atoms with E-state index in [0.29, 0.717) is 23.5 Å². The average molecular weight is 477 g/mol. The number of anilines is 1. The number of piperidine rings is 1. The van der Waals surface area contributed by atoms with Gasteiger partial charge in [-0.2, -0.15) is 13.2 Å². The van der Waals surface area contributed by atoms with Gasteiger partial charge in [0.05, 0.1) is 22.3 Å². The Hall–Kier alpha value is -3.07. The Labute approximate surface area is 195 Å². The van der Waals surface area contributed by atoms with Crippen LogP contribution in [0.1, 0.15) is 43.7 Å². The highest BCUT2D eigenvalue weighted by molar-refractivity contribution is 6.02. The second kappa shape index (κ2) is 10.0. The van der Waals surface area contributed by atoms with Crippen LogP contribution in [0.25, 0.3) is 10.9 Å². The predicted octanol–water partition coefficient (Wildman–Crippen LogP) is 6.46. The first-order valence-electron chi connectivity index (χ1n) is 11.5. The zero-order chi connectivity index (χ0) is 24.3. The van der Waals surface area contributed by atoms with Gasteiger partial charge < -0.3 is 20.3 Å². The van der Waals surface area contributed by atoms with Crippen molar-refractivity contribution in [3.8, 4) is 5.88 Å².